The van der Waals surface area contributed by atoms with Crippen molar-refractivity contribution < 1.29 is 13.9 Å². The van der Waals surface area contributed by atoms with Gasteiger partial charge in [-0.2, -0.15) is 0 Å². The van der Waals surface area contributed by atoms with Crippen molar-refractivity contribution in [3.8, 4) is 5.75 Å². The van der Waals surface area contributed by atoms with Crippen LogP contribution in [0.25, 0.3) is 5.65 Å². The Morgan fingerprint density at radius 3 is 2.88 bits per heavy atom. The van der Waals surface area contributed by atoms with Crippen LogP contribution in [0.3, 0.4) is 0 Å². The minimum absolute atomic E-state index is 0.141. The first-order valence-electron chi connectivity index (χ1n) is 8.05. The summed E-state index contributed by atoms with van der Waals surface area (Å²) in [5.41, 5.74) is 3.17. The highest BCUT2D eigenvalue weighted by molar-refractivity contribution is 5.79. The number of carbonyl (C=O) groups is 1. The van der Waals surface area contributed by atoms with E-state index in [0.29, 0.717) is 5.56 Å². The molecule has 1 atom stereocenters. The largest absolute Gasteiger partial charge is 0.494 e. The van der Waals surface area contributed by atoms with E-state index in [9.17, 15) is 9.18 Å². The number of carbonyl (C=O) groups excluding carboxylic acids is 1. The van der Waals surface area contributed by atoms with Gasteiger partial charge in [-0.15, -0.1) is 0 Å². The molecule has 1 aromatic carbocycles. The van der Waals surface area contributed by atoms with Crippen LogP contribution in [-0.4, -0.2) is 22.4 Å². The second-order valence-corrected chi connectivity index (χ2v) is 5.93. The van der Waals surface area contributed by atoms with Gasteiger partial charge in [0.1, 0.15) is 5.65 Å². The molecule has 3 rings (SSSR count). The second kappa shape index (κ2) is 6.93. The third-order valence-electron chi connectivity index (χ3n) is 4.21. The summed E-state index contributed by atoms with van der Waals surface area (Å²) in [6.45, 7) is 3.71. The summed E-state index contributed by atoms with van der Waals surface area (Å²) >= 11 is 0. The number of nitrogens with one attached hydrogen (secondary N) is 1. The number of methoxy groups -OCH3 is 1. The van der Waals surface area contributed by atoms with Crippen molar-refractivity contribution >= 4 is 11.6 Å². The molecule has 1 N–H and O–H groups in total. The molecule has 1 amide bonds. The molecule has 0 fully saturated rings. The van der Waals surface area contributed by atoms with Crippen LogP contribution in [0, 0.1) is 12.7 Å². The van der Waals surface area contributed by atoms with E-state index in [4.69, 9.17) is 4.74 Å². The zero-order valence-electron chi connectivity index (χ0n) is 14.4. The first kappa shape index (κ1) is 17.0. The Morgan fingerprint density at radius 2 is 2.16 bits per heavy atom. The van der Waals surface area contributed by atoms with Crippen LogP contribution in [0.15, 0.2) is 42.6 Å². The van der Waals surface area contributed by atoms with E-state index >= 15 is 0 Å². The Labute approximate surface area is 145 Å². The molecule has 0 saturated heterocycles. The van der Waals surface area contributed by atoms with Gasteiger partial charge in [0.2, 0.25) is 5.91 Å². The molecule has 0 aliphatic carbocycles. The Balaban J connectivity index is 1.73. The van der Waals surface area contributed by atoms with Crippen molar-refractivity contribution in [1.82, 2.24) is 14.7 Å². The van der Waals surface area contributed by atoms with Crippen LogP contribution in [-0.2, 0) is 11.2 Å². The Kier molecular flexibility index (Phi) is 4.70. The third kappa shape index (κ3) is 3.47. The summed E-state index contributed by atoms with van der Waals surface area (Å²) in [5, 5.41) is 2.90. The zero-order valence-corrected chi connectivity index (χ0v) is 14.4. The van der Waals surface area contributed by atoms with E-state index in [1.165, 1.54) is 13.2 Å². The summed E-state index contributed by atoms with van der Waals surface area (Å²) in [7, 11) is 1.42. The number of hydrogen-bond acceptors (Lipinski definition) is 3. The van der Waals surface area contributed by atoms with Crippen LogP contribution in [0.2, 0.25) is 0 Å². The topological polar surface area (TPSA) is 55.6 Å². The average Bonchev–Trinajstić information content (AvgIpc) is 2.90. The van der Waals surface area contributed by atoms with Crippen molar-refractivity contribution in [1.29, 1.82) is 0 Å². The number of benzene rings is 1. The van der Waals surface area contributed by atoms with Gasteiger partial charge in [-0.3, -0.25) is 4.79 Å². The fourth-order valence-electron chi connectivity index (χ4n) is 2.86. The highest BCUT2D eigenvalue weighted by atomic mass is 19.1. The van der Waals surface area contributed by atoms with Crippen molar-refractivity contribution in [3.63, 3.8) is 0 Å². The SMILES string of the molecule is COc1ccc([C@@H](C)NC(=O)Cc2c(C)nc3ccccn23)cc1F. The monoisotopic (exact) mass is 341 g/mol. The lowest BCUT2D eigenvalue weighted by Gasteiger charge is -2.15. The predicted octanol–water partition coefficient (Wildman–Crippen LogP) is 3.21. The van der Waals surface area contributed by atoms with Gasteiger partial charge in [0, 0.05) is 6.20 Å². The number of ether oxygens (including phenoxy) is 1. The highest BCUT2D eigenvalue weighted by Gasteiger charge is 2.16. The van der Waals surface area contributed by atoms with Gasteiger partial charge < -0.3 is 14.5 Å². The summed E-state index contributed by atoms with van der Waals surface area (Å²) in [5.74, 6) is -0.403. The second-order valence-electron chi connectivity index (χ2n) is 5.93. The van der Waals surface area contributed by atoms with E-state index in [1.54, 1.807) is 12.1 Å². The number of rotatable bonds is 5. The lowest BCUT2D eigenvalue weighted by Crippen LogP contribution is -2.28. The lowest BCUT2D eigenvalue weighted by molar-refractivity contribution is -0.121. The van der Waals surface area contributed by atoms with Crippen LogP contribution < -0.4 is 10.1 Å². The van der Waals surface area contributed by atoms with E-state index in [-0.39, 0.29) is 24.1 Å². The molecular formula is C19H20FN3O2. The molecule has 0 radical (unpaired) electrons. The van der Waals surface area contributed by atoms with Crippen molar-refractivity contribution in [2.45, 2.75) is 26.3 Å². The molecular weight excluding hydrogens is 321 g/mol. The van der Waals surface area contributed by atoms with Gasteiger partial charge in [-0.25, -0.2) is 9.37 Å². The maximum Gasteiger partial charge on any atom is 0.226 e. The van der Waals surface area contributed by atoms with E-state index < -0.39 is 5.82 Å². The zero-order chi connectivity index (χ0) is 18.0. The van der Waals surface area contributed by atoms with Gasteiger partial charge >= 0.3 is 0 Å². The molecule has 2 aromatic heterocycles. The molecule has 5 nitrogen and oxygen atoms in total. The van der Waals surface area contributed by atoms with Crippen molar-refractivity contribution in [2.24, 2.45) is 0 Å². The Bertz CT molecular complexity index is 920. The number of amides is 1. The van der Waals surface area contributed by atoms with Crippen LogP contribution in [0.5, 0.6) is 5.75 Å². The first-order chi connectivity index (χ1) is 12.0. The van der Waals surface area contributed by atoms with E-state index in [1.807, 2.05) is 42.6 Å². The standard InChI is InChI=1S/C19H20FN3O2/c1-12(14-7-8-17(25-3)15(20)10-14)22-19(24)11-16-13(2)21-18-6-4-5-9-23(16)18/h4-10,12H,11H2,1-3H3,(H,22,24)/t12-/m1/s1. The van der Waals surface area contributed by atoms with Gasteiger partial charge in [0.25, 0.3) is 0 Å². The third-order valence-corrected chi connectivity index (χ3v) is 4.21. The highest BCUT2D eigenvalue weighted by Crippen LogP contribution is 2.22. The number of halogens is 1. The molecule has 0 aliphatic rings. The van der Waals surface area contributed by atoms with Crippen LogP contribution in [0.4, 0.5) is 4.39 Å². The van der Waals surface area contributed by atoms with E-state index in [2.05, 4.69) is 10.3 Å². The first-order valence-corrected chi connectivity index (χ1v) is 8.05. The number of aryl methyl sites for hydroxylation is 1. The summed E-state index contributed by atoms with van der Waals surface area (Å²) in [6.07, 6.45) is 2.10. The molecule has 0 bridgehead atoms. The number of nitrogens with zero attached hydrogens (tertiary/aromatic N) is 2. The summed E-state index contributed by atoms with van der Waals surface area (Å²) in [4.78, 5) is 16.9. The normalized spacial score (nSPS) is 12.2. The number of imidazole rings is 1. The minimum atomic E-state index is -0.446. The number of fused-ring (bicyclic) bond motifs is 1. The molecule has 130 valence electrons. The Morgan fingerprint density at radius 1 is 1.36 bits per heavy atom. The Hall–Kier alpha value is -2.89. The van der Waals surface area contributed by atoms with E-state index in [0.717, 1.165) is 17.0 Å². The molecule has 0 unspecified atom stereocenters. The minimum Gasteiger partial charge on any atom is -0.494 e. The average molecular weight is 341 g/mol. The number of aromatic nitrogens is 2. The maximum absolute atomic E-state index is 13.8. The van der Waals surface area contributed by atoms with Crippen molar-refractivity contribution in [3.05, 3.63) is 65.4 Å². The maximum atomic E-state index is 13.8. The summed E-state index contributed by atoms with van der Waals surface area (Å²) in [6, 6.07) is 10.1. The summed E-state index contributed by atoms with van der Waals surface area (Å²) < 4.78 is 20.7. The van der Waals surface area contributed by atoms with Gasteiger partial charge in [-0.05, 0) is 43.7 Å². The molecule has 3 aromatic rings. The molecule has 0 aliphatic heterocycles. The fraction of sp³-hybridized carbons (Fsp3) is 0.263. The molecule has 6 heteroatoms. The lowest BCUT2D eigenvalue weighted by atomic mass is 10.1. The molecule has 2 heterocycles. The van der Waals surface area contributed by atoms with Crippen LogP contribution in [0.1, 0.15) is 29.9 Å². The quantitative estimate of drug-likeness (QED) is 0.775. The predicted molar refractivity (Wildman–Crippen MR) is 93.1 cm³/mol. The van der Waals surface area contributed by atoms with Gasteiger partial charge in [0.05, 0.1) is 31.0 Å². The van der Waals surface area contributed by atoms with Crippen molar-refractivity contribution in [2.75, 3.05) is 7.11 Å². The molecule has 0 spiro atoms. The molecule has 0 saturated carbocycles. The van der Waals surface area contributed by atoms with Gasteiger partial charge in [0.15, 0.2) is 11.6 Å². The van der Waals surface area contributed by atoms with Gasteiger partial charge in [-0.1, -0.05) is 12.1 Å². The number of pyridine rings is 1. The smallest absolute Gasteiger partial charge is 0.226 e. The molecule has 25 heavy (non-hydrogen) atoms. The van der Waals surface area contributed by atoms with Crippen LogP contribution >= 0.6 is 0 Å². The fourth-order valence-corrected chi connectivity index (χ4v) is 2.86. The number of hydrogen-bond donors (Lipinski definition) is 1.